The van der Waals surface area contributed by atoms with Crippen molar-refractivity contribution >= 4 is 17.5 Å². The van der Waals surface area contributed by atoms with Gasteiger partial charge in [0.2, 0.25) is 5.95 Å². The maximum absolute atomic E-state index is 13.2. The standard InChI is InChI=1S/C29H34N8O3/c1-28(2)29(39-40-35-28)12-15-36(19-29)26(38)21-6-8-23(9-7-21)33-27-31-14-11-25(34-27)22-17-32-37(18-22)24-10-5-20(16-24)4-3-13-30/h6-9,11,14,17-18,20,24,35H,3-5,10,12,15-16,19H2,1-2H3,(H,31,33,34)/t20?,24-,29?/m0/s1. The zero-order valence-electron chi connectivity index (χ0n) is 22.8. The van der Waals surface area contributed by atoms with Gasteiger partial charge in [-0.25, -0.2) is 14.9 Å². The van der Waals surface area contributed by atoms with Crippen LogP contribution in [0.3, 0.4) is 0 Å². The molecule has 0 radical (unpaired) electrons. The minimum atomic E-state index is -0.555. The number of nitrogens with one attached hydrogen (secondary N) is 2. The summed E-state index contributed by atoms with van der Waals surface area (Å²) < 4.78 is 2.04. The third kappa shape index (κ3) is 5.06. The number of anilines is 2. The van der Waals surface area contributed by atoms with E-state index in [9.17, 15) is 4.79 Å². The highest BCUT2D eigenvalue weighted by atomic mass is 17.3. The van der Waals surface area contributed by atoms with E-state index in [1.54, 1.807) is 6.20 Å². The summed E-state index contributed by atoms with van der Waals surface area (Å²) in [5, 5.41) is 16.7. The Morgan fingerprint density at radius 1 is 1.25 bits per heavy atom. The summed E-state index contributed by atoms with van der Waals surface area (Å²) in [6.07, 6.45) is 11.2. The lowest BCUT2D eigenvalue weighted by Crippen LogP contribution is -2.54. The number of hydrogen-bond acceptors (Lipinski definition) is 9. The van der Waals surface area contributed by atoms with Crippen molar-refractivity contribution < 1.29 is 14.7 Å². The van der Waals surface area contributed by atoms with E-state index in [0.29, 0.717) is 49.4 Å². The first-order valence-corrected chi connectivity index (χ1v) is 13.9. The number of carbonyl (C=O) groups is 1. The molecule has 2 aliphatic heterocycles. The summed E-state index contributed by atoms with van der Waals surface area (Å²) in [4.78, 5) is 34.7. The quantitative estimate of drug-likeness (QED) is 0.413. The number of amides is 1. The van der Waals surface area contributed by atoms with Crippen LogP contribution in [0, 0.1) is 17.2 Å². The van der Waals surface area contributed by atoms with Crippen molar-refractivity contribution in [1.29, 1.82) is 5.26 Å². The molecule has 4 heterocycles. The van der Waals surface area contributed by atoms with Crippen molar-refractivity contribution in [1.82, 2.24) is 30.1 Å². The fourth-order valence-electron chi connectivity index (χ4n) is 6.01. The van der Waals surface area contributed by atoms with Gasteiger partial charge in [-0.2, -0.15) is 15.8 Å². The molecule has 40 heavy (non-hydrogen) atoms. The van der Waals surface area contributed by atoms with Gasteiger partial charge >= 0.3 is 0 Å². The molecular formula is C29H34N8O3. The monoisotopic (exact) mass is 542 g/mol. The average molecular weight is 543 g/mol. The van der Waals surface area contributed by atoms with Crippen molar-refractivity contribution in [3.8, 4) is 17.3 Å². The van der Waals surface area contributed by atoms with Gasteiger partial charge in [0.15, 0.2) is 0 Å². The molecule has 2 unspecified atom stereocenters. The molecule has 2 aromatic heterocycles. The molecular weight excluding hydrogens is 508 g/mol. The SMILES string of the molecule is CC1(C)NOOC12CCN(C(=O)c1ccc(Nc3nccc(-c4cnn([C@H]5CCC(CCC#N)C5)c4)n3)cc1)C2. The third-order valence-electron chi connectivity index (χ3n) is 8.65. The van der Waals surface area contributed by atoms with E-state index in [1.807, 2.05) is 66.2 Å². The van der Waals surface area contributed by atoms with Gasteiger partial charge in [0.25, 0.3) is 5.91 Å². The van der Waals surface area contributed by atoms with E-state index >= 15 is 0 Å². The van der Waals surface area contributed by atoms with Crippen molar-refractivity contribution in [2.24, 2.45) is 5.92 Å². The third-order valence-corrected chi connectivity index (χ3v) is 8.65. The Kier molecular flexibility index (Phi) is 7.00. The average Bonchev–Trinajstić information content (AvgIpc) is 3.76. The van der Waals surface area contributed by atoms with E-state index in [2.05, 4.69) is 26.9 Å². The first-order valence-electron chi connectivity index (χ1n) is 13.9. The molecule has 1 spiro atoms. The van der Waals surface area contributed by atoms with Crippen molar-refractivity contribution in [3.63, 3.8) is 0 Å². The number of carbonyl (C=O) groups excluding carboxylic acids is 1. The number of nitrogens with zero attached hydrogens (tertiary/aromatic N) is 6. The lowest BCUT2D eigenvalue weighted by atomic mass is 9.83. The van der Waals surface area contributed by atoms with E-state index in [0.717, 1.165) is 42.6 Å². The summed E-state index contributed by atoms with van der Waals surface area (Å²) in [5.74, 6) is 1.03. The van der Waals surface area contributed by atoms with E-state index in [4.69, 9.17) is 20.1 Å². The van der Waals surface area contributed by atoms with E-state index in [-0.39, 0.29) is 11.4 Å². The minimum Gasteiger partial charge on any atom is -0.335 e. The predicted molar refractivity (Wildman–Crippen MR) is 147 cm³/mol. The number of aromatic nitrogens is 4. The summed E-state index contributed by atoms with van der Waals surface area (Å²) in [5.41, 5.74) is 5.07. The van der Waals surface area contributed by atoms with Crippen molar-refractivity contribution in [2.75, 3.05) is 18.4 Å². The van der Waals surface area contributed by atoms with Crippen LogP contribution in [0.25, 0.3) is 11.3 Å². The summed E-state index contributed by atoms with van der Waals surface area (Å²) >= 11 is 0. The molecule has 3 fully saturated rings. The van der Waals surface area contributed by atoms with Gasteiger partial charge in [-0.3, -0.25) is 9.48 Å². The molecule has 1 aliphatic carbocycles. The van der Waals surface area contributed by atoms with Gasteiger partial charge in [-0.1, -0.05) is 0 Å². The molecule has 6 rings (SSSR count). The Hall–Kier alpha value is -3.85. The van der Waals surface area contributed by atoms with Gasteiger partial charge in [-0.05, 0) is 75.8 Å². The van der Waals surface area contributed by atoms with Crippen LogP contribution < -0.4 is 10.8 Å². The maximum atomic E-state index is 13.2. The van der Waals surface area contributed by atoms with Crippen LogP contribution in [0.4, 0.5) is 11.6 Å². The zero-order valence-corrected chi connectivity index (χ0v) is 22.8. The number of hydrogen-bond donors (Lipinski definition) is 2. The number of nitriles is 1. The molecule has 0 bridgehead atoms. The normalized spacial score (nSPS) is 25.4. The predicted octanol–water partition coefficient (Wildman–Crippen LogP) is 4.56. The van der Waals surface area contributed by atoms with Gasteiger partial charge in [0, 0.05) is 48.6 Å². The van der Waals surface area contributed by atoms with Gasteiger partial charge in [-0.15, -0.1) is 4.99 Å². The Morgan fingerprint density at radius 3 is 2.88 bits per heavy atom. The van der Waals surface area contributed by atoms with Crippen LogP contribution in [0.5, 0.6) is 0 Å². The lowest BCUT2D eigenvalue weighted by molar-refractivity contribution is -0.331. The number of likely N-dealkylation sites (tertiary alicyclic amines) is 1. The molecule has 208 valence electrons. The Bertz CT molecular complexity index is 1420. The topological polar surface area (TPSA) is 130 Å². The first-order chi connectivity index (χ1) is 19.4. The van der Waals surface area contributed by atoms with Gasteiger partial charge < -0.3 is 10.2 Å². The molecule has 11 heteroatoms. The van der Waals surface area contributed by atoms with E-state index in [1.165, 1.54) is 0 Å². The molecule has 1 saturated carbocycles. The Morgan fingerprint density at radius 2 is 2.10 bits per heavy atom. The fourth-order valence-corrected chi connectivity index (χ4v) is 6.01. The second-order valence-electron chi connectivity index (χ2n) is 11.6. The van der Waals surface area contributed by atoms with Crippen LogP contribution in [0.1, 0.15) is 68.8 Å². The molecule has 2 N–H and O–H groups in total. The molecule has 3 aliphatic rings. The van der Waals surface area contributed by atoms with Crippen molar-refractivity contribution in [3.05, 3.63) is 54.5 Å². The number of rotatable bonds is 7. The summed E-state index contributed by atoms with van der Waals surface area (Å²) in [7, 11) is 0. The van der Waals surface area contributed by atoms with Crippen LogP contribution in [-0.4, -0.2) is 54.8 Å². The fraction of sp³-hybridized carbons (Fsp3) is 0.483. The van der Waals surface area contributed by atoms with Crippen molar-refractivity contribution in [2.45, 2.75) is 69.6 Å². The molecule has 3 atom stereocenters. The molecule has 3 aromatic rings. The zero-order chi connectivity index (χ0) is 27.7. The highest BCUT2D eigenvalue weighted by molar-refractivity contribution is 5.95. The second-order valence-corrected chi connectivity index (χ2v) is 11.6. The minimum absolute atomic E-state index is 0.0383. The largest absolute Gasteiger partial charge is 0.335 e. The molecule has 11 nitrogen and oxygen atoms in total. The van der Waals surface area contributed by atoms with Crippen LogP contribution in [0.15, 0.2) is 48.9 Å². The van der Waals surface area contributed by atoms with Gasteiger partial charge in [0.05, 0.1) is 36.1 Å². The van der Waals surface area contributed by atoms with Crippen LogP contribution in [-0.2, 0) is 9.88 Å². The smallest absolute Gasteiger partial charge is 0.253 e. The molecule has 2 saturated heterocycles. The van der Waals surface area contributed by atoms with Crippen LogP contribution >= 0.6 is 0 Å². The Balaban J connectivity index is 1.08. The first kappa shape index (κ1) is 26.4. The highest BCUT2D eigenvalue weighted by Gasteiger charge is 2.57. The number of hydroxylamine groups is 1. The summed E-state index contributed by atoms with van der Waals surface area (Å²) in [6.45, 7) is 5.10. The van der Waals surface area contributed by atoms with Crippen LogP contribution in [0.2, 0.25) is 0 Å². The second kappa shape index (κ2) is 10.6. The summed E-state index contributed by atoms with van der Waals surface area (Å²) in [6, 6.07) is 11.8. The molecule has 1 amide bonds. The molecule has 1 aromatic carbocycles. The lowest BCUT2D eigenvalue weighted by Gasteiger charge is -2.32. The number of benzene rings is 1. The highest BCUT2D eigenvalue weighted by Crippen LogP contribution is 2.40. The maximum Gasteiger partial charge on any atom is 0.253 e. The van der Waals surface area contributed by atoms with Gasteiger partial charge in [0.1, 0.15) is 5.60 Å². The van der Waals surface area contributed by atoms with E-state index < -0.39 is 5.60 Å². The Labute approximate surface area is 233 Å².